The molecule has 23 heavy (non-hydrogen) atoms. The van der Waals surface area contributed by atoms with Crippen LogP contribution in [-0.2, 0) is 11.2 Å². The van der Waals surface area contributed by atoms with Crippen molar-refractivity contribution >= 4 is 40.2 Å². The summed E-state index contributed by atoms with van der Waals surface area (Å²) in [5.41, 5.74) is 0.927. The first-order valence-electron chi connectivity index (χ1n) is 6.86. The van der Waals surface area contributed by atoms with E-state index in [2.05, 4.69) is 0 Å². The summed E-state index contributed by atoms with van der Waals surface area (Å²) >= 11 is 1.59. The van der Waals surface area contributed by atoms with Crippen LogP contribution in [0.15, 0.2) is 18.2 Å². The summed E-state index contributed by atoms with van der Waals surface area (Å²) in [6.45, 7) is 2.66. The first kappa shape index (κ1) is 17.0. The van der Waals surface area contributed by atoms with Crippen LogP contribution in [0.4, 0.5) is 5.69 Å². The number of carbonyl (C=O) groups is 2. The maximum Gasteiger partial charge on any atom is 0.308 e. The average Bonchev–Trinajstić information content (AvgIpc) is 2.77. The Balaban J connectivity index is 2.80. The molecule has 0 saturated carbocycles. The van der Waals surface area contributed by atoms with Gasteiger partial charge in [0.25, 0.3) is 5.69 Å². The summed E-state index contributed by atoms with van der Waals surface area (Å²) in [7, 11) is 0. The number of carbonyl (C=O) groups excluding carboxylic acids is 2. The van der Waals surface area contributed by atoms with E-state index < -0.39 is 10.9 Å². The van der Waals surface area contributed by atoms with E-state index in [1.165, 1.54) is 36.6 Å². The van der Waals surface area contributed by atoms with Crippen molar-refractivity contribution in [2.24, 2.45) is 0 Å². The second kappa shape index (κ2) is 6.82. The molecule has 2 rings (SSSR count). The average molecular weight is 336 g/mol. The van der Waals surface area contributed by atoms with E-state index in [0.717, 1.165) is 5.75 Å². The standard InChI is InChI=1S/C15H16N2O5S/c1-9(18)16-13-5-4-11(17(20)21)8-12(13)15(22-10(2)19)14(16)6-7-23-3/h4-5,8H,6-7H2,1-3H3. The van der Waals surface area contributed by atoms with E-state index in [4.69, 9.17) is 4.74 Å². The lowest BCUT2D eigenvalue weighted by atomic mass is 10.2. The van der Waals surface area contributed by atoms with Crippen molar-refractivity contribution in [3.63, 3.8) is 0 Å². The molecular formula is C15H16N2O5S. The molecule has 1 aromatic carbocycles. The van der Waals surface area contributed by atoms with E-state index >= 15 is 0 Å². The molecule has 0 amide bonds. The number of aromatic nitrogens is 1. The number of nitro groups is 1. The van der Waals surface area contributed by atoms with E-state index in [1.54, 1.807) is 11.8 Å². The molecule has 0 aliphatic rings. The molecule has 8 heteroatoms. The molecule has 0 aliphatic heterocycles. The summed E-state index contributed by atoms with van der Waals surface area (Å²) in [5, 5.41) is 11.4. The number of ether oxygens (including phenoxy) is 1. The summed E-state index contributed by atoms with van der Waals surface area (Å²) in [5.74, 6) is 0.170. The molecule has 1 heterocycles. The van der Waals surface area contributed by atoms with Crippen molar-refractivity contribution in [1.29, 1.82) is 0 Å². The van der Waals surface area contributed by atoms with Gasteiger partial charge in [-0.15, -0.1) is 0 Å². The fourth-order valence-electron chi connectivity index (χ4n) is 2.46. The molecule has 0 fully saturated rings. The smallest absolute Gasteiger partial charge is 0.308 e. The van der Waals surface area contributed by atoms with Gasteiger partial charge in [0.1, 0.15) is 0 Å². The predicted octanol–water partition coefficient (Wildman–Crippen LogP) is 3.04. The van der Waals surface area contributed by atoms with Crippen LogP contribution in [0, 0.1) is 10.1 Å². The van der Waals surface area contributed by atoms with Gasteiger partial charge in [0.2, 0.25) is 5.91 Å². The number of hydrogen-bond donors (Lipinski definition) is 0. The summed E-state index contributed by atoms with van der Waals surface area (Å²) in [6, 6.07) is 4.16. The second-order valence-electron chi connectivity index (χ2n) is 4.93. The molecule has 7 nitrogen and oxygen atoms in total. The molecule has 2 aromatic rings. The van der Waals surface area contributed by atoms with Crippen LogP contribution in [0.3, 0.4) is 0 Å². The van der Waals surface area contributed by atoms with Crippen LogP contribution in [0.2, 0.25) is 0 Å². The van der Waals surface area contributed by atoms with Gasteiger partial charge in [-0.05, 0) is 18.1 Å². The number of rotatable bonds is 5. The summed E-state index contributed by atoms with van der Waals surface area (Å²) in [4.78, 5) is 33.9. The lowest BCUT2D eigenvalue weighted by molar-refractivity contribution is -0.384. The van der Waals surface area contributed by atoms with Crippen LogP contribution < -0.4 is 4.74 Å². The first-order chi connectivity index (χ1) is 10.9. The van der Waals surface area contributed by atoms with E-state index in [-0.39, 0.29) is 17.3 Å². The fraction of sp³-hybridized carbons (Fsp3) is 0.333. The zero-order valence-electron chi connectivity index (χ0n) is 13.0. The van der Waals surface area contributed by atoms with Crippen LogP contribution in [0.25, 0.3) is 10.9 Å². The number of esters is 1. The predicted molar refractivity (Wildman–Crippen MR) is 88.3 cm³/mol. The van der Waals surface area contributed by atoms with Crippen molar-refractivity contribution < 1.29 is 19.2 Å². The maximum absolute atomic E-state index is 12.0. The van der Waals surface area contributed by atoms with Crippen molar-refractivity contribution in [2.75, 3.05) is 12.0 Å². The quantitative estimate of drug-likeness (QED) is 0.473. The van der Waals surface area contributed by atoms with Crippen molar-refractivity contribution in [1.82, 2.24) is 4.57 Å². The molecule has 0 spiro atoms. The number of benzene rings is 1. The van der Waals surface area contributed by atoms with Crippen molar-refractivity contribution in [3.05, 3.63) is 34.0 Å². The van der Waals surface area contributed by atoms with Crippen LogP contribution in [0.5, 0.6) is 5.75 Å². The van der Waals surface area contributed by atoms with E-state index in [0.29, 0.717) is 23.0 Å². The summed E-state index contributed by atoms with van der Waals surface area (Å²) in [6.07, 6.45) is 2.43. The molecule has 0 atom stereocenters. The highest BCUT2D eigenvalue weighted by atomic mass is 32.2. The number of fused-ring (bicyclic) bond motifs is 1. The number of nitro benzene ring substituents is 1. The third kappa shape index (κ3) is 3.37. The molecule has 0 aliphatic carbocycles. The Labute approximate surface area is 136 Å². The molecular weight excluding hydrogens is 320 g/mol. The number of thioether (sulfide) groups is 1. The minimum atomic E-state index is -0.537. The van der Waals surface area contributed by atoms with E-state index in [9.17, 15) is 19.7 Å². The molecule has 0 radical (unpaired) electrons. The van der Waals surface area contributed by atoms with Gasteiger partial charge in [0.05, 0.1) is 21.5 Å². The van der Waals surface area contributed by atoms with Gasteiger partial charge in [-0.1, -0.05) is 0 Å². The Hall–Kier alpha value is -2.35. The van der Waals surface area contributed by atoms with Gasteiger partial charge in [-0.25, -0.2) is 0 Å². The Bertz CT molecular complexity index is 797. The Morgan fingerprint density at radius 3 is 2.57 bits per heavy atom. The summed E-state index contributed by atoms with van der Waals surface area (Å²) < 4.78 is 6.73. The highest BCUT2D eigenvalue weighted by Crippen LogP contribution is 2.36. The third-order valence-electron chi connectivity index (χ3n) is 3.31. The lowest BCUT2D eigenvalue weighted by Gasteiger charge is -2.08. The van der Waals surface area contributed by atoms with Crippen LogP contribution >= 0.6 is 11.8 Å². The molecule has 0 unspecified atom stereocenters. The topological polar surface area (TPSA) is 91.4 Å². The molecule has 1 aromatic heterocycles. The Kier molecular flexibility index (Phi) is 5.05. The van der Waals surface area contributed by atoms with Gasteiger partial charge in [-0.3, -0.25) is 24.3 Å². The fourth-order valence-corrected chi connectivity index (χ4v) is 2.86. The van der Waals surface area contributed by atoms with Crippen molar-refractivity contribution in [2.45, 2.75) is 20.3 Å². The third-order valence-corrected chi connectivity index (χ3v) is 3.92. The Morgan fingerprint density at radius 2 is 2.04 bits per heavy atom. The van der Waals surface area contributed by atoms with Gasteiger partial charge in [-0.2, -0.15) is 11.8 Å². The number of non-ortho nitro benzene ring substituents is 1. The van der Waals surface area contributed by atoms with E-state index in [1.807, 2.05) is 6.26 Å². The minimum absolute atomic E-state index is 0.122. The van der Waals surface area contributed by atoms with Gasteiger partial charge < -0.3 is 4.74 Å². The zero-order valence-corrected chi connectivity index (χ0v) is 13.8. The molecule has 0 N–H and O–H groups in total. The second-order valence-corrected chi connectivity index (χ2v) is 5.91. The minimum Gasteiger partial charge on any atom is -0.424 e. The number of nitrogens with zero attached hydrogens (tertiary/aromatic N) is 2. The van der Waals surface area contributed by atoms with Crippen LogP contribution in [0.1, 0.15) is 24.3 Å². The molecule has 0 saturated heterocycles. The molecule has 0 bridgehead atoms. The zero-order chi connectivity index (χ0) is 17.1. The van der Waals surface area contributed by atoms with Gasteiger partial charge in [0, 0.05) is 32.4 Å². The SMILES string of the molecule is CSCCc1c(OC(C)=O)c2cc([N+](=O)[O-])ccc2n1C(C)=O. The maximum atomic E-state index is 12.0. The highest BCUT2D eigenvalue weighted by Gasteiger charge is 2.23. The van der Waals surface area contributed by atoms with Crippen LogP contribution in [-0.4, -0.2) is 33.4 Å². The highest BCUT2D eigenvalue weighted by molar-refractivity contribution is 7.98. The van der Waals surface area contributed by atoms with Gasteiger partial charge >= 0.3 is 5.97 Å². The Morgan fingerprint density at radius 1 is 1.35 bits per heavy atom. The monoisotopic (exact) mass is 336 g/mol. The largest absolute Gasteiger partial charge is 0.424 e. The first-order valence-corrected chi connectivity index (χ1v) is 8.26. The van der Waals surface area contributed by atoms with Gasteiger partial charge in [0.15, 0.2) is 5.75 Å². The molecule has 122 valence electrons. The number of hydrogen-bond acceptors (Lipinski definition) is 6. The van der Waals surface area contributed by atoms with Crippen molar-refractivity contribution in [3.8, 4) is 5.75 Å². The normalized spacial score (nSPS) is 10.7. The lowest BCUT2D eigenvalue weighted by Crippen LogP contribution is -2.12.